The summed E-state index contributed by atoms with van der Waals surface area (Å²) in [6.45, 7) is 1.83. The average molecular weight is 287 g/mol. The van der Waals surface area contributed by atoms with Gasteiger partial charge < -0.3 is 9.73 Å². The fraction of sp³-hybridized carbons (Fsp3) is 0.214. The lowest BCUT2D eigenvalue weighted by atomic mass is 10.2. The molecular formula is C14H13N3O2S. The molecule has 0 aliphatic heterocycles. The number of fused-ring (bicyclic) bond motifs is 3. The molecule has 1 atom stereocenters. The van der Waals surface area contributed by atoms with Crippen LogP contribution in [0.4, 0.5) is 0 Å². The number of carbonyl (C=O) groups excluding carboxylic acids is 1. The molecule has 20 heavy (non-hydrogen) atoms. The van der Waals surface area contributed by atoms with Crippen LogP contribution in [0.25, 0.3) is 22.1 Å². The van der Waals surface area contributed by atoms with Crippen LogP contribution in [0.1, 0.15) is 6.92 Å². The van der Waals surface area contributed by atoms with Crippen LogP contribution in [0.3, 0.4) is 0 Å². The predicted molar refractivity (Wildman–Crippen MR) is 78.7 cm³/mol. The maximum absolute atomic E-state index is 11.6. The fourth-order valence-corrected chi connectivity index (χ4v) is 2.92. The van der Waals surface area contributed by atoms with Gasteiger partial charge in [0.1, 0.15) is 22.5 Å². The summed E-state index contributed by atoms with van der Waals surface area (Å²) in [5.41, 5.74) is 2.19. The topological polar surface area (TPSA) is 68.0 Å². The van der Waals surface area contributed by atoms with Crippen molar-refractivity contribution in [2.75, 3.05) is 7.05 Å². The highest BCUT2D eigenvalue weighted by atomic mass is 32.2. The maximum atomic E-state index is 11.6. The third kappa shape index (κ3) is 2.12. The molecule has 0 saturated heterocycles. The van der Waals surface area contributed by atoms with Crippen molar-refractivity contribution < 1.29 is 9.21 Å². The molecule has 3 aromatic rings. The SMILES string of the molecule is CNC(=O)[C@H](C)Sc1ncnc2c1oc1ccccc12. The second-order valence-electron chi connectivity index (χ2n) is 4.33. The third-order valence-corrected chi connectivity index (χ3v) is 4.11. The van der Waals surface area contributed by atoms with Crippen molar-refractivity contribution in [3.63, 3.8) is 0 Å². The highest BCUT2D eigenvalue weighted by Crippen LogP contribution is 2.33. The number of furan rings is 1. The second kappa shape index (κ2) is 5.13. The molecule has 0 spiro atoms. The number of benzene rings is 1. The monoisotopic (exact) mass is 287 g/mol. The van der Waals surface area contributed by atoms with Crippen LogP contribution < -0.4 is 5.32 Å². The molecule has 2 aromatic heterocycles. The van der Waals surface area contributed by atoms with E-state index < -0.39 is 0 Å². The van der Waals surface area contributed by atoms with Gasteiger partial charge in [-0.05, 0) is 19.1 Å². The van der Waals surface area contributed by atoms with Gasteiger partial charge in [0.05, 0.1) is 5.25 Å². The van der Waals surface area contributed by atoms with Gasteiger partial charge in [-0.25, -0.2) is 9.97 Å². The lowest BCUT2D eigenvalue weighted by molar-refractivity contribution is -0.119. The van der Waals surface area contributed by atoms with Gasteiger partial charge in [0, 0.05) is 12.4 Å². The minimum Gasteiger partial charge on any atom is -0.451 e. The van der Waals surface area contributed by atoms with Crippen molar-refractivity contribution in [2.45, 2.75) is 17.2 Å². The summed E-state index contributed by atoms with van der Waals surface area (Å²) in [5, 5.41) is 4.02. The molecule has 6 heteroatoms. The number of para-hydroxylation sites is 1. The Hall–Kier alpha value is -2.08. The molecular weight excluding hydrogens is 274 g/mol. The Bertz CT molecular complexity index is 784. The number of thioether (sulfide) groups is 1. The zero-order chi connectivity index (χ0) is 14.1. The van der Waals surface area contributed by atoms with Gasteiger partial charge in [-0.3, -0.25) is 4.79 Å². The molecule has 0 radical (unpaired) electrons. The molecule has 5 nitrogen and oxygen atoms in total. The molecule has 0 unspecified atom stereocenters. The molecule has 0 aliphatic rings. The first kappa shape index (κ1) is 12.9. The lowest BCUT2D eigenvalue weighted by Crippen LogP contribution is -2.27. The van der Waals surface area contributed by atoms with Crippen molar-refractivity contribution in [1.82, 2.24) is 15.3 Å². The molecule has 0 saturated carbocycles. The van der Waals surface area contributed by atoms with Crippen LogP contribution in [0.15, 0.2) is 40.0 Å². The molecule has 1 N–H and O–H groups in total. The first-order valence-electron chi connectivity index (χ1n) is 6.21. The summed E-state index contributed by atoms with van der Waals surface area (Å²) < 4.78 is 5.82. The Morgan fingerprint density at radius 3 is 2.95 bits per heavy atom. The van der Waals surface area contributed by atoms with Gasteiger partial charge in [-0.1, -0.05) is 23.9 Å². The number of amides is 1. The Morgan fingerprint density at radius 1 is 1.35 bits per heavy atom. The number of carbonyl (C=O) groups is 1. The van der Waals surface area contributed by atoms with Crippen LogP contribution in [0.2, 0.25) is 0 Å². The van der Waals surface area contributed by atoms with Crippen LogP contribution in [-0.2, 0) is 4.79 Å². The highest BCUT2D eigenvalue weighted by molar-refractivity contribution is 8.00. The first-order chi connectivity index (χ1) is 9.70. The van der Waals surface area contributed by atoms with E-state index >= 15 is 0 Å². The van der Waals surface area contributed by atoms with E-state index in [0.717, 1.165) is 16.5 Å². The Morgan fingerprint density at radius 2 is 2.15 bits per heavy atom. The summed E-state index contributed by atoms with van der Waals surface area (Å²) in [7, 11) is 1.62. The van der Waals surface area contributed by atoms with E-state index in [1.165, 1.54) is 18.1 Å². The minimum atomic E-state index is -0.244. The van der Waals surface area contributed by atoms with E-state index in [1.54, 1.807) is 7.05 Å². The molecule has 2 heterocycles. The number of aromatic nitrogens is 2. The van der Waals surface area contributed by atoms with Gasteiger partial charge in [-0.15, -0.1) is 0 Å². The van der Waals surface area contributed by atoms with E-state index in [1.807, 2.05) is 31.2 Å². The molecule has 3 rings (SSSR count). The van der Waals surface area contributed by atoms with Crippen molar-refractivity contribution in [1.29, 1.82) is 0 Å². The number of rotatable bonds is 3. The summed E-state index contributed by atoms with van der Waals surface area (Å²) in [6.07, 6.45) is 1.50. The van der Waals surface area contributed by atoms with Crippen LogP contribution in [0, 0.1) is 0 Å². The predicted octanol–water partition coefficient (Wildman–Crippen LogP) is 2.60. The van der Waals surface area contributed by atoms with E-state index in [0.29, 0.717) is 10.6 Å². The summed E-state index contributed by atoms with van der Waals surface area (Å²) >= 11 is 1.36. The molecule has 1 aromatic carbocycles. The Balaban J connectivity index is 2.10. The van der Waals surface area contributed by atoms with Gasteiger partial charge in [-0.2, -0.15) is 0 Å². The molecule has 1 amide bonds. The van der Waals surface area contributed by atoms with Gasteiger partial charge in [0.15, 0.2) is 5.58 Å². The van der Waals surface area contributed by atoms with E-state index in [-0.39, 0.29) is 11.2 Å². The fourth-order valence-electron chi connectivity index (χ4n) is 2.01. The normalized spacial score (nSPS) is 12.7. The van der Waals surface area contributed by atoms with Crippen molar-refractivity contribution in [2.24, 2.45) is 0 Å². The smallest absolute Gasteiger partial charge is 0.233 e. The number of hydrogen-bond donors (Lipinski definition) is 1. The molecule has 0 aliphatic carbocycles. The highest BCUT2D eigenvalue weighted by Gasteiger charge is 2.18. The summed E-state index contributed by atoms with van der Waals surface area (Å²) in [4.78, 5) is 20.1. The van der Waals surface area contributed by atoms with Gasteiger partial charge in [0.25, 0.3) is 0 Å². The van der Waals surface area contributed by atoms with E-state index in [4.69, 9.17) is 4.42 Å². The Labute approximate surface area is 119 Å². The summed E-state index contributed by atoms with van der Waals surface area (Å²) in [5.74, 6) is -0.0436. The van der Waals surface area contributed by atoms with Crippen molar-refractivity contribution in [3.05, 3.63) is 30.6 Å². The number of hydrogen-bond acceptors (Lipinski definition) is 5. The van der Waals surface area contributed by atoms with Crippen LogP contribution >= 0.6 is 11.8 Å². The zero-order valence-electron chi connectivity index (χ0n) is 11.1. The van der Waals surface area contributed by atoms with Crippen LogP contribution in [-0.4, -0.2) is 28.2 Å². The number of nitrogens with one attached hydrogen (secondary N) is 1. The first-order valence-corrected chi connectivity index (χ1v) is 7.09. The molecule has 0 fully saturated rings. The average Bonchev–Trinajstić information content (AvgIpc) is 2.86. The minimum absolute atomic E-state index is 0.0436. The Kier molecular flexibility index (Phi) is 3.31. The quantitative estimate of drug-likeness (QED) is 0.592. The van der Waals surface area contributed by atoms with Crippen molar-refractivity contribution in [3.8, 4) is 0 Å². The van der Waals surface area contributed by atoms with Gasteiger partial charge >= 0.3 is 0 Å². The van der Waals surface area contributed by atoms with Crippen molar-refractivity contribution >= 4 is 39.7 Å². The van der Waals surface area contributed by atoms with Crippen LogP contribution in [0.5, 0.6) is 0 Å². The summed E-state index contributed by atoms with van der Waals surface area (Å²) in [6, 6.07) is 7.72. The molecule has 0 bridgehead atoms. The standard InChI is InChI=1S/C14H13N3O2S/c1-8(13(18)15-2)20-14-12-11(16-7-17-14)9-5-3-4-6-10(9)19-12/h3-8H,1-2H3,(H,15,18)/t8-/m0/s1. The third-order valence-electron chi connectivity index (χ3n) is 3.03. The van der Waals surface area contributed by atoms with E-state index in [9.17, 15) is 4.79 Å². The number of nitrogens with zero attached hydrogens (tertiary/aromatic N) is 2. The molecule has 102 valence electrons. The lowest BCUT2D eigenvalue weighted by Gasteiger charge is -2.08. The second-order valence-corrected chi connectivity index (χ2v) is 5.66. The zero-order valence-corrected chi connectivity index (χ0v) is 11.9. The maximum Gasteiger partial charge on any atom is 0.233 e. The van der Waals surface area contributed by atoms with Gasteiger partial charge in [0.2, 0.25) is 5.91 Å². The van der Waals surface area contributed by atoms with E-state index in [2.05, 4.69) is 15.3 Å². The largest absolute Gasteiger partial charge is 0.451 e.